The van der Waals surface area contributed by atoms with Gasteiger partial charge in [-0.05, 0) is 37.0 Å². The topological polar surface area (TPSA) is 24.4 Å². The lowest BCUT2D eigenvalue weighted by Crippen LogP contribution is -2.50. The van der Waals surface area contributed by atoms with E-state index in [-0.39, 0.29) is 11.5 Å². The molecule has 3 atom stereocenters. The molecule has 0 bridgehead atoms. The Morgan fingerprint density at radius 2 is 1.96 bits per heavy atom. The lowest BCUT2D eigenvalue weighted by molar-refractivity contribution is 0.289. The summed E-state index contributed by atoms with van der Waals surface area (Å²) < 4.78 is 0. The van der Waals surface area contributed by atoms with Crippen LogP contribution in [0.4, 0.5) is 0 Å². The van der Waals surface area contributed by atoms with E-state index in [1.54, 1.807) is 0 Å². The highest BCUT2D eigenvalue weighted by Gasteiger charge is 2.36. The van der Waals surface area contributed by atoms with Crippen molar-refractivity contribution >= 4 is 5.71 Å². The highest BCUT2D eigenvalue weighted by Crippen LogP contribution is 2.36. The summed E-state index contributed by atoms with van der Waals surface area (Å²) in [4.78, 5) is 4.97. The number of nitrogens with one attached hydrogen (secondary N) is 1. The summed E-state index contributed by atoms with van der Waals surface area (Å²) in [6.45, 7) is 9.17. The van der Waals surface area contributed by atoms with Crippen molar-refractivity contribution < 1.29 is 0 Å². The summed E-state index contributed by atoms with van der Waals surface area (Å²) >= 11 is 0. The molecule has 132 valence electrons. The molecule has 1 N–H and O–H groups in total. The van der Waals surface area contributed by atoms with Crippen LogP contribution < -0.4 is 5.32 Å². The monoisotopic (exact) mass is 334 g/mol. The van der Waals surface area contributed by atoms with Gasteiger partial charge in [0.25, 0.3) is 0 Å². The number of benzene rings is 1. The zero-order chi connectivity index (χ0) is 17.9. The molecular formula is C23H30N2. The number of rotatable bonds is 2. The Morgan fingerprint density at radius 3 is 2.72 bits per heavy atom. The molecule has 0 saturated carbocycles. The number of nitrogens with zero attached hydrogens (tertiary/aromatic N) is 1. The van der Waals surface area contributed by atoms with Crippen LogP contribution in [-0.4, -0.2) is 17.8 Å². The van der Waals surface area contributed by atoms with Crippen LogP contribution in [0.5, 0.6) is 0 Å². The Bertz CT molecular complexity index is 738. The molecule has 1 aliphatic heterocycles. The maximum absolute atomic E-state index is 4.97. The Labute approximate surface area is 152 Å². The van der Waals surface area contributed by atoms with Gasteiger partial charge < -0.3 is 5.32 Å². The summed E-state index contributed by atoms with van der Waals surface area (Å²) in [6, 6.07) is 9.48. The molecule has 1 aromatic carbocycles. The smallest absolute Gasteiger partial charge is 0.0686 e. The molecule has 0 spiro atoms. The van der Waals surface area contributed by atoms with Gasteiger partial charge in [0.1, 0.15) is 0 Å². The summed E-state index contributed by atoms with van der Waals surface area (Å²) in [5.41, 5.74) is 5.25. The van der Waals surface area contributed by atoms with E-state index < -0.39 is 0 Å². The van der Waals surface area contributed by atoms with Gasteiger partial charge in [-0.2, -0.15) is 0 Å². The number of hydrogen-bond acceptors (Lipinski definition) is 2. The van der Waals surface area contributed by atoms with Crippen molar-refractivity contribution in [1.29, 1.82) is 0 Å². The van der Waals surface area contributed by atoms with E-state index in [9.17, 15) is 0 Å². The fourth-order valence-corrected chi connectivity index (χ4v) is 4.20. The number of fused-ring (bicyclic) bond motifs is 2. The summed E-state index contributed by atoms with van der Waals surface area (Å²) in [7, 11) is 0. The van der Waals surface area contributed by atoms with E-state index >= 15 is 0 Å². The van der Waals surface area contributed by atoms with Gasteiger partial charge in [-0.3, -0.25) is 4.99 Å². The van der Waals surface area contributed by atoms with Gasteiger partial charge in [-0.15, -0.1) is 0 Å². The molecule has 2 aliphatic rings. The van der Waals surface area contributed by atoms with E-state index in [0.29, 0.717) is 6.04 Å². The molecule has 0 radical (unpaired) electrons. The predicted octanol–water partition coefficient (Wildman–Crippen LogP) is 5.12. The van der Waals surface area contributed by atoms with Crippen molar-refractivity contribution in [1.82, 2.24) is 5.32 Å². The first-order valence-electron chi connectivity index (χ1n) is 9.52. The Morgan fingerprint density at radius 1 is 1.16 bits per heavy atom. The van der Waals surface area contributed by atoms with Gasteiger partial charge >= 0.3 is 0 Å². The van der Waals surface area contributed by atoms with Crippen LogP contribution in [0.3, 0.4) is 0 Å². The molecule has 0 amide bonds. The van der Waals surface area contributed by atoms with E-state index in [0.717, 1.165) is 25.0 Å². The van der Waals surface area contributed by atoms with Crippen molar-refractivity contribution in [2.45, 2.75) is 64.5 Å². The first-order valence-corrected chi connectivity index (χ1v) is 9.52. The minimum absolute atomic E-state index is 0.0989. The third-order valence-corrected chi connectivity index (χ3v) is 5.80. The van der Waals surface area contributed by atoms with Crippen molar-refractivity contribution in [3.63, 3.8) is 0 Å². The molecule has 1 aliphatic carbocycles. The normalized spacial score (nSPS) is 29.1. The van der Waals surface area contributed by atoms with E-state index in [1.807, 2.05) is 0 Å². The van der Waals surface area contributed by atoms with Crippen molar-refractivity contribution in [2.24, 2.45) is 4.99 Å². The second kappa shape index (κ2) is 7.53. The van der Waals surface area contributed by atoms with Crippen LogP contribution in [0.15, 0.2) is 65.3 Å². The SMILES string of the molecule is CC[C@@H]1NC2C=CC=CC=C2N=C(C)Cc2ccccc2C1(C)CC. The van der Waals surface area contributed by atoms with Crippen LogP contribution in [0.25, 0.3) is 0 Å². The maximum atomic E-state index is 4.97. The summed E-state index contributed by atoms with van der Waals surface area (Å²) in [6.07, 6.45) is 13.8. The summed E-state index contributed by atoms with van der Waals surface area (Å²) in [5.74, 6) is 0. The fourth-order valence-electron chi connectivity index (χ4n) is 4.20. The van der Waals surface area contributed by atoms with Crippen LogP contribution in [0.2, 0.25) is 0 Å². The molecule has 25 heavy (non-hydrogen) atoms. The average molecular weight is 335 g/mol. The van der Waals surface area contributed by atoms with Crippen LogP contribution in [0.1, 0.15) is 51.7 Å². The highest BCUT2D eigenvalue weighted by molar-refractivity contribution is 5.85. The third-order valence-electron chi connectivity index (χ3n) is 5.80. The van der Waals surface area contributed by atoms with E-state index in [1.165, 1.54) is 16.8 Å². The lowest BCUT2D eigenvalue weighted by atomic mass is 9.70. The van der Waals surface area contributed by atoms with Gasteiger partial charge in [-0.1, -0.05) is 69.3 Å². The molecule has 0 fully saturated rings. The van der Waals surface area contributed by atoms with Crippen LogP contribution in [-0.2, 0) is 11.8 Å². The largest absolute Gasteiger partial charge is 0.302 e. The number of hydrogen-bond donors (Lipinski definition) is 1. The molecule has 1 heterocycles. The maximum Gasteiger partial charge on any atom is 0.0686 e. The van der Waals surface area contributed by atoms with Crippen LogP contribution >= 0.6 is 0 Å². The Kier molecular flexibility index (Phi) is 5.39. The van der Waals surface area contributed by atoms with Crippen molar-refractivity contribution in [2.75, 3.05) is 0 Å². The van der Waals surface area contributed by atoms with Crippen molar-refractivity contribution in [3.05, 3.63) is 71.5 Å². The van der Waals surface area contributed by atoms with E-state index in [4.69, 9.17) is 4.99 Å². The van der Waals surface area contributed by atoms with Gasteiger partial charge in [0.2, 0.25) is 0 Å². The molecule has 2 heteroatoms. The predicted molar refractivity (Wildman–Crippen MR) is 108 cm³/mol. The minimum atomic E-state index is 0.0989. The molecular weight excluding hydrogens is 304 g/mol. The molecule has 0 aromatic heterocycles. The number of aliphatic imine (C=N–C) groups is 1. The summed E-state index contributed by atoms with van der Waals surface area (Å²) in [5, 5.41) is 3.92. The van der Waals surface area contributed by atoms with Gasteiger partial charge in [0.05, 0.1) is 11.7 Å². The molecule has 0 saturated heterocycles. The molecule has 2 unspecified atom stereocenters. The van der Waals surface area contributed by atoms with Crippen molar-refractivity contribution in [3.8, 4) is 0 Å². The number of allylic oxidation sites excluding steroid dienone is 4. The third kappa shape index (κ3) is 3.55. The van der Waals surface area contributed by atoms with Gasteiger partial charge in [0, 0.05) is 23.6 Å². The minimum Gasteiger partial charge on any atom is -0.302 e. The van der Waals surface area contributed by atoms with Gasteiger partial charge in [0.15, 0.2) is 0 Å². The average Bonchev–Trinajstić information content (AvgIpc) is 2.84. The zero-order valence-electron chi connectivity index (χ0n) is 15.9. The lowest BCUT2D eigenvalue weighted by Gasteiger charge is -2.41. The molecule has 3 rings (SSSR count). The standard InChI is InChI=1S/C23H30N2/c1-5-22-23(4,6-2)19-13-11-10-12-18(19)16-17(3)24-20-14-8-7-9-15-21(20)25-22/h7-15,21-22,25H,5-6,16H2,1-4H3/t21?,22-,23?/m0/s1. The first kappa shape index (κ1) is 17.9. The molecule has 1 aromatic rings. The van der Waals surface area contributed by atoms with E-state index in [2.05, 4.69) is 87.7 Å². The Balaban J connectivity index is 2.17. The quantitative estimate of drug-likeness (QED) is 0.798. The zero-order valence-corrected chi connectivity index (χ0v) is 15.9. The Hall–Kier alpha value is -1.93. The van der Waals surface area contributed by atoms with Crippen LogP contribution in [0, 0.1) is 0 Å². The second-order valence-electron chi connectivity index (χ2n) is 7.42. The second-order valence-corrected chi connectivity index (χ2v) is 7.42. The molecule has 2 nitrogen and oxygen atoms in total. The highest BCUT2D eigenvalue weighted by atomic mass is 15.0. The first-order chi connectivity index (χ1) is 12.1. The van der Waals surface area contributed by atoms with Gasteiger partial charge in [-0.25, -0.2) is 0 Å². The fraction of sp³-hybridized carbons (Fsp3) is 0.435.